The second kappa shape index (κ2) is 6.29. The third kappa shape index (κ3) is 2.67. The zero-order valence-corrected chi connectivity index (χ0v) is 15.8. The topological polar surface area (TPSA) is 104 Å². The molecule has 0 bridgehead atoms. The number of hydrogen-bond donors (Lipinski definition) is 1. The van der Waals surface area contributed by atoms with Crippen LogP contribution in [0.1, 0.15) is 23.3 Å². The molecule has 4 aromatic rings. The molecule has 142 valence electrons. The number of anilines is 2. The maximum Gasteiger partial charge on any atom is 0.229 e. The normalized spacial score (nSPS) is 16.5. The molecule has 0 amide bonds. The lowest BCUT2D eigenvalue weighted by atomic mass is 10.0. The molecule has 1 aromatic carbocycles. The van der Waals surface area contributed by atoms with E-state index in [0.29, 0.717) is 18.3 Å². The quantitative estimate of drug-likeness (QED) is 0.580. The van der Waals surface area contributed by atoms with Crippen molar-refractivity contribution in [1.82, 2.24) is 34.5 Å². The van der Waals surface area contributed by atoms with Crippen molar-refractivity contribution in [2.45, 2.75) is 25.9 Å². The van der Waals surface area contributed by atoms with Crippen LogP contribution >= 0.6 is 0 Å². The number of nitrogen functional groups attached to an aromatic ring is 1. The molecule has 5 rings (SSSR count). The van der Waals surface area contributed by atoms with E-state index in [2.05, 4.69) is 54.0 Å². The third-order valence-corrected chi connectivity index (χ3v) is 5.27. The van der Waals surface area contributed by atoms with Crippen molar-refractivity contribution in [3.63, 3.8) is 0 Å². The van der Waals surface area contributed by atoms with Gasteiger partial charge in [0, 0.05) is 13.6 Å². The summed E-state index contributed by atoms with van der Waals surface area (Å²) in [6, 6.07) is 10.6. The van der Waals surface area contributed by atoms with Gasteiger partial charge in [0.05, 0.1) is 24.2 Å². The monoisotopic (exact) mass is 375 g/mol. The standard InChI is InChI=1S/C19H21N9/c1-12-24-25-16-11-27(10-14(28(12)16)8-13-6-4-3-5-7-13)19-22-17(20)15-9-21-26(2)18(15)23-19/h3-7,9,14H,8,10-11H2,1-2H3,(H2,20,22,23)/t14-/m1/s1. The van der Waals surface area contributed by atoms with Gasteiger partial charge in [-0.25, -0.2) is 0 Å². The molecule has 9 nitrogen and oxygen atoms in total. The van der Waals surface area contributed by atoms with E-state index >= 15 is 0 Å². The summed E-state index contributed by atoms with van der Waals surface area (Å²) < 4.78 is 3.95. The van der Waals surface area contributed by atoms with Crippen molar-refractivity contribution in [3.05, 3.63) is 53.7 Å². The first-order valence-electron chi connectivity index (χ1n) is 9.24. The zero-order chi connectivity index (χ0) is 19.3. The first kappa shape index (κ1) is 16.7. The van der Waals surface area contributed by atoms with Crippen molar-refractivity contribution in [2.75, 3.05) is 17.2 Å². The lowest BCUT2D eigenvalue weighted by Crippen LogP contribution is -2.39. The highest BCUT2D eigenvalue weighted by atomic mass is 15.4. The number of nitrogens with zero attached hydrogens (tertiary/aromatic N) is 8. The maximum absolute atomic E-state index is 6.17. The maximum atomic E-state index is 6.17. The molecule has 0 saturated carbocycles. The number of aryl methyl sites for hydroxylation is 2. The molecule has 28 heavy (non-hydrogen) atoms. The number of nitrogens with two attached hydrogens (primary N) is 1. The lowest BCUT2D eigenvalue weighted by Gasteiger charge is -2.34. The van der Waals surface area contributed by atoms with Gasteiger partial charge in [-0.15, -0.1) is 10.2 Å². The Morgan fingerprint density at radius 3 is 2.79 bits per heavy atom. The fourth-order valence-electron chi connectivity index (χ4n) is 3.94. The average Bonchev–Trinajstić information content (AvgIpc) is 3.26. The number of hydrogen-bond acceptors (Lipinski definition) is 7. The van der Waals surface area contributed by atoms with Crippen LogP contribution in [0.4, 0.5) is 11.8 Å². The Bertz CT molecular complexity index is 1150. The lowest BCUT2D eigenvalue weighted by molar-refractivity contribution is 0.419. The van der Waals surface area contributed by atoms with Gasteiger partial charge in [0.25, 0.3) is 0 Å². The van der Waals surface area contributed by atoms with Gasteiger partial charge in [0.15, 0.2) is 11.5 Å². The highest BCUT2D eigenvalue weighted by Gasteiger charge is 2.30. The Kier molecular flexibility index (Phi) is 3.75. The minimum Gasteiger partial charge on any atom is -0.383 e. The summed E-state index contributed by atoms with van der Waals surface area (Å²) in [6.45, 7) is 3.35. The van der Waals surface area contributed by atoms with Crippen molar-refractivity contribution < 1.29 is 0 Å². The highest BCUT2D eigenvalue weighted by molar-refractivity contribution is 5.86. The molecule has 0 radical (unpaired) electrons. The van der Waals surface area contributed by atoms with Crippen LogP contribution in [0.5, 0.6) is 0 Å². The van der Waals surface area contributed by atoms with E-state index in [1.54, 1.807) is 10.9 Å². The van der Waals surface area contributed by atoms with Crippen LogP contribution in [0.2, 0.25) is 0 Å². The van der Waals surface area contributed by atoms with Gasteiger partial charge in [-0.2, -0.15) is 15.1 Å². The molecule has 4 heterocycles. The molecular formula is C19H21N9. The van der Waals surface area contributed by atoms with Crippen LogP contribution in [-0.2, 0) is 20.0 Å². The summed E-state index contributed by atoms with van der Waals surface area (Å²) in [7, 11) is 1.85. The van der Waals surface area contributed by atoms with E-state index in [4.69, 9.17) is 10.7 Å². The Morgan fingerprint density at radius 1 is 1.14 bits per heavy atom. The van der Waals surface area contributed by atoms with E-state index in [-0.39, 0.29) is 6.04 Å². The van der Waals surface area contributed by atoms with Gasteiger partial charge in [-0.1, -0.05) is 30.3 Å². The zero-order valence-electron chi connectivity index (χ0n) is 15.8. The van der Waals surface area contributed by atoms with Crippen molar-refractivity contribution in [1.29, 1.82) is 0 Å². The summed E-state index contributed by atoms with van der Waals surface area (Å²) in [5, 5.41) is 13.7. The predicted molar refractivity (Wildman–Crippen MR) is 106 cm³/mol. The summed E-state index contributed by atoms with van der Waals surface area (Å²) in [4.78, 5) is 11.4. The van der Waals surface area contributed by atoms with Crippen LogP contribution < -0.4 is 10.6 Å². The number of aromatic nitrogens is 7. The Morgan fingerprint density at radius 2 is 1.96 bits per heavy atom. The fourth-order valence-corrected chi connectivity index (χ4v) is 3.94. The molecule has 0 unspecified atom stereocenters. The van der Waals surface area contributed by atoms with E-state index in [1.807, 2.05) is 20.0 Å². The molecule has 0 fully saturated rings. The summed E-state index contributed by atoms with van der Waals surface area (Å²) in [5.74, 6) is 2.88. The van der Waals surface area contributed by atoms with Crippen molar-refractivity contribution >= 4 is 22.8 Å². The van der Waals surface area contributed by atoms with E-state index in [1.165, 1.54) is 5.56 Å². The largest absolute Gasteiger partial charge is 0.383 e. The van der Waals surface area contributed by atoms with Crippen molar-refractivity contribution in [2.24, 2.45) is 7.05 Å². The van der Waals surface area contributed by atoms with Gasteiger partial charge in [-0.3, -0.25) is 4.68 Å². The first-order valence-corrected chi connectivity index (χ1v) is 9.24. The van der Waals surface area contributed by atoms with E-state index < -0.39 is 0 Å². The van der Waals surface area contributed by atoms with Gasteiger partial charge in [0.2, 0.25) is 5.95 Å². The van der Waals surface area contributed by atoms with E-state index in [0.717, 1.165) is 35.6 Å². The molecule has 1 aliphatic heterocycles. The fraction of sp³-hybridized carbons (Fsp3) is 0.316. The SMILES string of the molecule is Cc1nnc2n1[C@H](Cc1ccccc1)CN(c1nc(N)c3cnn(C)c3n1)C2. The number of rotatable bonds is 3. The smallest absolute Gasteiger partial charge is 0.229 e. The van der Waals surface area contributed by atoms with Crippen LogP contribution in [0.15, 0.2) is 36.5 Å². The molecule has 0 spiro atoms. The van der Waals surface area contributed by atoms with Gasteiger partial charge in [0.1, 0.15) is 11.6 Å². The third-order valence-electron chi connectivity index (χ3n) is 5.27. The molecule has 1 aliphatic rings. The van der Waals surface area contributed by atoms with Crippen molar-refractivity contribution in [3.8, 4) is 0 Å². The predicted octanol–water partition coefficient (Wildman–Crippen LogP) is 1.65. The highest BCUT2D eigenvalue weighted by Crippen LogP contribution is 2.29. The molecule has 0 saturated heterocycles. The Labute approximate surface area is 161 Å². The minimum atomic E-state index is 0.188. The Hall–Kier alpha value is -3.49. The minimum absolute atomic E-state index is 0.188. The molecule has 3 aromatic heterocycles. The van der Waals surface area contributed by atoms with E-state index in [9.17, 15) is 0 Å². The summed E-state index contributed by atoms with van der Waals surface area (Å²) in [6.07, 6.45) is 2.58. The molecule has 2 N–H and O–H groups in total. The molecule has 1 atom stereocenters. The van der Waals surface area contributed by atoms with Crippen LogP contribution in [0.3, 0.4) is 0 Å². The summed E-state index contributed by atoms with van der Waals surface area (Å²) >= 11 is 0. The van der Waals surface area contributed by atoms with Gasteiger partial charge < -0.3 is 15.2 Å². The van der Waals surface area contributed by atoms with Gasteiger partial charge >= 0.3 is 0 Å². The second-order valence-electron chi connectivity index (χ2n) is 7.17. The van der Waals surface area contributed by atoms with Gasteiger partial charge in [-0.05, 0) is 18.9 Å². The first-order chi connectivity index (χ1) is 13.6. The second-order valence-corrected chi connectivity index (χ2v) is 7.17. The average molecular weight is 375 g/mol. The Balaban J connectivity index is 1.54. The molecular weight excluding hydrogens is 354 g/mol. The number of benzene rings is 1. The van der Waals surface area contributed by atoms with Crippen LogP contribution in [0, 0.1) is 6.92 Å². The molecule has 0 aliphatic carbocycles. The summed E-state index contributed by atoms with van der Waals surface area (Å²) in [5.41, 5.74) is 8.17. The van der Waals surface area contributed by atoms with Crippen LogP contribution in [0.25, 0.3) is 11.0 Å². The molecule has 9 heteroatoms. The number of fused-ring (bicyclic) bond motifs is 2. The van der Waals surface area contributed by atoms with Crippen LogP contribution in [-0.4, -0.2) is 41.1 Å².